The molecule has 2 rings (SSSR count). The van der Waals surface area contributed by atoms with Crippen molar-refractivity contribution in [2.24, 2.45) is 0 Å². The maximum absolute atomic E-state index is 11.3. The van der Waals surface area contributed by atoms with Crippen LogP contribution in [-0.4, -0.2) is 52.5 Å². The van der Waals surface area contributed by atoms with Crippen molar-refractivity contribution < 1.29 is 24.5 Å². The standard InChI is InChI=1S/C15H21NO5S/c1-9(17)16-12-14(19)13(18)11(8-22)21-15(12)20-7-10-5-3-2-4-6-10/h2-6,11-15,18-19,22H,7-8H2,1H3,(H,16,17)/t11-,12-,13-,14-,15-/m1/s1. The molecule has 3 N–H and O–H groups in total. The molecular formula is C15H21NO5S. The summed E-state index contributed by atoms with van der Waals surface area (Å²) in [7, 11) is 0. The van der Waals surface area contributed by atoms with E-state index in [9.17, 15) is 15.0 Å². The fraction of sp³-hybridized carbons (Fsp3) is 0.533. The van der Waals surface area contributed by atoms with Crippen molar-refractivity contribution >= 4 is 18.5 Å². The molecule has 1 aromatic rings. The summed E-state index contributed by atoms with van der Waals surface area (Å²) >= 11 is 4.10. The monoisotopic (exact) mass is 327 g/mol. The normalized spacial score (nSPS) is 31.7. The molecule has 0 aromatic heterocycles. The third-order valence-corrected chi connectivity index (χ3v) is 3.87. The molecule has 1 fully saturated rings. The van der Waals surface area contributed by atoms with Gasteiger partial charge in [0.15, 0.2) is 6.29 Å². The fourth-order valence-corrected chi connectivity index (χ4v) is 2.67. The number of carbonyl (C=O) groups is 1. The molecule has 1 aliphatic heterocycles. The van der Waals surface area contributed by atoms with Gasteiger partial charge in [0.1, 0.15) is 18.2 Å². The van der Waals surface area contributed by atoms with E-state index in [0.717, 1.165) is 5.56 Å². The summed E-state index contributed by atoms with van der Waals surface area (Å²) in [5, 5.41) is 22.8. The number of amides is 1. The van der Waals surface area contributed by atoms with Crippen LogP contribution >= 0.6 is 12.6 Å². The van der Waals surface area contributed by atoms with E-state index in [1.165, 1.54) is 6.92 Å². The Morgan fingerprint density at radius 2 is 2.00 bits per heavy atom. The molecule has 1 saturated heterocycles. The summed E-state index contributed by atoms with van der Waals surface area (Å²) in [6.07, 6.45) is -3.84. The summed E-state index contributed by atoms with van der Waals surface area (Å²) < 4.78 is 11.3. The molecule has 122 valence electrons. The Hall–Kier alpha value is -1.12. The largest absolute Gasteiger partial charge is 0.388 e. The third-order valence-electron chi connectivity index (χ3n) is 3.51. The summed E-state index contributed by atoms with van der Waals surface area (Å²) in [4.78, 5) is 11.3. The maximum Gasteiger partial charge on any atom is 0.217 e. The van der Waals surface area contributed by atoms with E-state index in [1.54, 1.807) is 0 Å². The summed E-state index contributed by atoms with van der Waals surface area (Å²) in [6.45, 7) is 1.60. The minimum Gasteiger partial charge on any atom is -0.388 e. The first-order valence-electron chi connectivity index (χ1n) is 7.08. The molecular weight excluding hydrogens is 306 g/mol. The van der Waals surface area contributed by atoms with Gasteiger partial charge in [0.05, 0.1) is 12.7 Å². The number of aliphatic hydroxyl groups excluding tert-OH is 2. The topological polar surface area (TPSA) is 88.0 Å². The first kappa shape index (κ1) is 17.2. The van der Waals surface area contributed by atoms with Gasteiger partial charge in [-0.15, -0.1) is 0 Å². The lowest BCUT2D eigenvalue weighted by molar-refractivity contribution is -0.262. The van der Waals surface area contributed by atoms with Gasteiger partial charge in [0, 0.05) is 12.7 Å². The second-order valence-corrected chi connectivity index (χ2v) is 5.59. The zero-order valence-electron chi connectivity index (χ0n) is 12.3. The average Bonchev–Trinajstić information content (AvgIpc) is 2.52. The predicted molar refractivity (Wildman–Crippen MR) is 83.4 cm³/mol. The van der Waals surface area contributed by atoms with E-state index < -0.39 is 30.6 Å². The highest BCUT2D eigenvalue weighted by Crippen LogP contribution is 2.23. The van der Waals surface area contributed by atoms with Crippen LogP contribution in [-0.2, 0) is 20.9 Å². The van der Waals surface area contributed by atoms with Gasteiger partial charge < -0.3 is 25.0 Å². The Morgan fingerprint density at radius 3 is 2.59 bits per heavy atom. The first-order chi connectivity index (χ1) is 10.5. The lowest BCUT2D eigenvalue weighted by atomic mass is 9.97. The van der Waals surface area contributed by atoms with Gasteiger partial charge in [-0.3, -0.25) is 4.79 Å². The number of ether oxygens (including phenoxy) is 2. The van der Waals surface area contributed by atoms with Crippen LogP contribution in [0.5, 0.6) is 0 Å². The number of hydrogen-bond acceptors (Lipinski definition) is 6. The number of rotatable bonds is 5. The Kier molecular flexibility index (Phi) is 6.22. The molecule has 1 amide bonds. The highest BCUT2D eigenvalue weighted by molar-refractivity contribution is 7.80. The van der Waals surface area contributed by atoms with Crippen molar-refractivity contribution in [2.75, 3.05) is 5.75 Å². The SMILES string of the molecule is CC(=O)N[C@H]1[C@H](OCc2ccccc2)O[C@H](CS)[C@@H](O)[C@@H]1O. The Morgan fingerprint density at radius 1 is 1.32 bits per heavy atom. The number of benzene rings is 1. The van der Waals surface area contributed by atoms with Crippen molar-refractivity contribution in [3.05, 3.63) is 35.9 Å². The van der Waals surface area contributed by atoms with E-state index in [4.69, 9.17) is 9.47 Å². The number of carbonyl (C=O) groups excluding carboxylic acids is 1. The molecule has 5 atom stereocenters. The lowest BCUT2D eigenvalue weighted by Gasteiger charge is -2.42. The zero-order valence-corrected chi connectivity index (χ0v) is 13.1. The molecule has 6 nitrogen and oxygen atoms in total. The van der Waals surface area contributed by atoms with Crippen molar-refractivity contribution in [1.29, 1.82) is 0 Å². The number of aliphatic hydroxyl groups is 2. The lowest BCUT2D eigenvalue weighted by Crippen LogP contribution is -2.64. The molecule has 1 aliphatic rings. The van der Waals surface area contributed by atoms with Crippen molar-refractivity contribution in [2.45, 2.75) is 44.2 Å². The zero-order chi connectivity index (χ0) is 16.1. The smallest absolute Gasteiger partial charge is 0.217 e. The van der Waals surface area contributed by atoms with Crippen LogP contribution in [0.4, 0.5) is 0 Å². The second-order valence-electron chi connectivity index (χ2n) is 5.23. The van der Waals surface area contributed by atoms with Crippen LogP contribution in [0.15, 0.2) is 30.3 Å². The van der Waals surface area contributed by atoms with Crippen LogP contribution in [0.2, 0.25) is 0 Å². The quantitative estimate of drug-likeness (QED) is 0.576. The highest BCUT2D eigenvalue weighted by atomic mass is 32.1. The van der Waals surface area contributed by atoms with E-state index in [0.29, 0.717) is 0 Å². The third kappa shape index (κ3) is 4.21. The number of hydrogen-bond donors (Lipinski definition) is 4. The predicted octanol–water partition coefficient (Wildman–Crippen LogP) is 0.0844. The van der Waals surface area contributed by atoms with Crippen LogP contribution < -0.4 is 5.32 Å². The van der Waals surface area contributed by atoms with Crippen LogP contribution in [0.25, 0.3) is 0 Å². The molecule has 1 aromatic carbocycles. The highest BCUT2D eigenvalue weighted by Gasteiger charge is 2.44. The van der Waals surface area contributed by atoms with E-state index in [2.05, 4.69) is 17.9 Å². The minimum absolute atomic E-state index is 0.232. The molecule has 0 aliphatic carbocycles. The van der Waals surface area contributed by atoms with Gasteiger partial charge >= 0.3 is 0 Å². The van der Waals surface area contributed by atoms with E-state index in [-0.39, 0.29) is 18.3 Å². The van der Waals surface area contributed by atoms with Gasteiger partial charge in [0.25, 0.3) is 0 Å². The van der Waals surface area contributed by atoms with Crippen LogP contribution in [0.3, 0.4) is 0 Å². The molecule has 1 heterocycles. The Balaban J connectivity index is 2.07. The van der Waals surface area contributed by atoms with Gasteiger partial charge in [0.2, 0.25) is 5.91 Å². The molecule has 7 heteroatoms. The van der Waals surface area contributed by atoms with Crippen molar-refractivity contribution in [3.63, 3.8) is 0 Å². The van der Waals surface area contributed by atoms with Crippen molar-refractivity contribution in [1.82, 2.24) is 5.32 Å². The molecule has 0 radical (unpaired) electrons. The molecule has 0 spiro atoms. The molecule has 0 saturated carbocycles. The van der Waals surface area contributed by atoms with E-state index >= 15 is 0 Å². The summed E-state index contributed by atoms with van der Waals surface area (Å²) in [5.74, 6) is -0.103. The van der Waals surface area contributed by atoms with Gasteiger partial charge in [-0.05, 0) is 5.56 Å². The second kappa shape index (κ2) is 7.94. The Bertz CT molecular complexity index is 486. The average molecular weight is 327 g/mol. The van der Waals surface area contributed by atoms with Crippen LogP contribution in [0, 0.1) is 0 Å². The number of thiol groups is 1. The number of nitrogens with one attached hydrogen (secondary N) is 1. The summed E-state index contributed by atoms with van der Waals surface area (Å²) in [6, 6.07) is 8.64. The van der Waals surface area contributed by atoms with E-state index in [1.807, 2.05) is 30.3 Å². The van der Waals surface area contributed by atoms with Gasteiger partial charge in [-0.2, -0.15) is 12.6 Å². The molecule has 0 bridgehead atoms. The minimum atomic E-state index is -1.18. The first-order valence-corrected chi connectivity index (χ1v) is 7.71. The van der Waals surface area contributed by atoms with Gasteiger partial charge in [-0.25, -0.2) is 0 Å². The molecule has 0 unspecified atom stereocenters. The summed E-state index contributed by atoms with van der Waals surface area (Å²) in [5.41, 5.74) is 0.940. The maximum atomic E-state index is 11.3. The van der Waals surface area contributed by atoms with Crippen molar-refractivity contribution in [3.8, 4) is 0 Å². The Labute approximate surface area is 134 Å². The van der Waals surface area contributed by atoms with Crippen LogP contribution in [0.1, 0.15) is 12.5 Å². The molecule has 22 heavy (non-hydrogen) atoms. The fourth-order valence-electron chi connectivity index (χ4n) is 2.37. The van der Waals surface area contributed by atoms with Gasteiger partial charge in [-0.1, -0.05) is 30.3 Å².